The molecule has 1 unspecified atom stereocenters. The molecule has 1 saturated heterocycles. The number of aliphatic hydroxyl groups is 1. The average molecular weight is 669 g/mol. The molecule has 1 aliphatic heterocycles. The van der Waals surface area contributed by atoms with Crippen LogP contribution in [0.2, 0.25) is 0 Å². The van der Waals surface area contributed by atoms with Crippen molar-refractivity contribution in [2.45, 2.75) is 19.3 Å². The first kappa shape index (κ1) is 33.0. The molecule has 0 saturated carbocycles. The number of rotatable bonds is 13. The van der Waals surface area contributed by atoms with E-state index in [1.807, 2.05) is 84.9 Å². The minimum atomic E-state index is -0.666. The van der Waals surface area contributed by atoms with E-state index in [2.05, 4.69) is 34.1 Å². The Kier molecular flexibility index (Phi) is 10.4. The van der Waals surface area contributed by atoms with Crippen molar-refractivity contribution in [1.29, 1.82) is 0 Å². The molecule has 1 N–H and O–H groups in total. The summed E-state index contributed by atoms with van der Waals surface area (Å²) in [5, 5.41) is 11.2. The molecule has 6 aromatic rings. The number of β-amino-alcohol motifs (C(OH)–C–C–N with tert-alkyl or cyclic N) is 1. The normalized spacial score (nSPS) is 14.0. The van der Waals surface area contributed by atoms with Gasteiger partial charge in [-0.2, -0.15) is 0 Å². The van der Waals surface area contributed by atoms with Gasteiger partial charge in [0.15, 0.2) is 5.43 Å². The number of para-hydroxylation sites is 1. The van der Waals surface area contributed by atoms with Gasteiger partial charge in [0.1, 0.15) is 54.5 Å². The summed E-state index contributed by atoms with van der Waals surface area (Å²) in [6.07, 6.45) is -0.666. The van der Waals surface area contributed by atoms with Crippen LogP contribution < -0.4 is 24.5 Å². The lowest BCUT2D eigenvalue weighted by Crippen LogP contribution is -2.49. The second-order valence-electron chi connectivity index (χ2n) is 12.5. The van der Waals surface area contributed by atoms with Crippen molar-refractivity contribution >= 4 is 16.7 Å². The lowest BCUT2D eigenvalue weighted by atomic mass is 10.1. The lowest BCUT2D eigenvalue weighted by Gasteiger charge is -2.36. The highest BCUT2D eigenvalue weighted by molar-refractivity contribution is 5.80. The number of benzene rings is 5. The van der Waals surface area contributed by atoms with E-state index in [9.17, 15) is 9.90 Å². The maximum atomic E-state index is 13.3. The topological polar surface area (TPSA) is 84.6 Å². The monoisotopic (exact) mass is 668 g/mol. The largest absolute Gasteiger partial charge is 0.491 e. The van der Waals surface area contributed by atoms with E-state index >= 15 is 0 Å². The Balaban J connectivity index is 1.04. The van der Waals surface area contributed by atoms with Gasteiger partial charge in [-0.05, 0) is 47.5 Å². The van der Waals surface area contributed by atoms with Gasteiger partial charge < -0.3 is 28.6 Å². The quantitative estimate of drug-likeness (QED) is 0.139. The number of ether oxygens (including phenoxy) is 3. The molecule has 0 radical (unpaired) electrons. The van der Waals surface area contributed by atoms with Crippen LogP contribution in [0.3, 0.4) is 0 Å². The molecule has 1 fully saturated rings. The average Bonchev–Trinajstić information content (AvgIpc) is 3.17. The van der Waals surface area contributed by atoms with Crippen LogP contribution in [0.1, 0.15) is 11.1 Å². The lowest BCUT2D eigenvalue weighted by molar-refractivity contribution is 0.0663. The first-order valence-corrected chi connectivity index (χ1v) is 17.0. The van der Waals surface area contributed by atoms with E-state index in [1.165, 1.54) is 11.8 Å². The molecule has 0 amide bonds. The summed E-state index contributed by atoms with van der Waals surface area (Å²) in [5.41, 5.74) is 4.15. The summed E-state index contributed by atoms with van der Waals surface area (Å²) in [4.78, 5) is 17.9. The van der Waals surface area contributed by atoms with Gasteiger partial charge in [0.05, 0.1) is 5.39 Å². The van der Waals surface area contributed by atoms with Crippen molar-refractivity contribution in [2.24, 2.45) is 0 Å². The van der Waals surface area contributed by atoms with Gasteiger partial charge in [0.25, 0.3) is 0 Å². The molecule has 0 bridgehead atoms. The molecule has 7 rings (SSSR count). The van der Waals surface area contributed by atoms with E-state index in [-0.39, 0.29) is 12.0 Å². The highest BCUT2D eigenvalue weighted by Gasteiger charge is 2.20. The van der Waals surface area contributed by atoms with Crippen molar-refractivity contribution in [2.75, 3.05) is 44.2 Å². The molecule has 254 valence electrons. The third kappa shape index (κ3) is 8.52. The highest BCUT2D eigenvalue weighted by atomic mass is 16.5. The van der Waals surface area contributed by atoms with Crippen molar-refractivity contribution in [3.8, 4) is 28.6 Å². The maximum absolute atomic E-state index is 13.3. The van der Waals surface area contributed by atoms with E-state index in [0.29, 0.717) is 59.3 Å². The molecule has 0 aliphatic carbocycles. The van der Waals surface area contributed by atoms with Crippen LogP contribution in [0.25, 0.3) is 22.3 Å². The third-order valence-electron chi connectivity index (χ3n) is 8.77. The maximum Gasteiger partial charge on any atom is 0.193 e. The Morgan fingerprint density at radius 2 is 1.24 bits per heavy atom. The zero-order chi connectivity index (χ0) is 34.1. The zero-order valence-corrected chi connectivity index (χ0v) is 27.8. The standard InChI is InChI=1S/C42H40N2O6/c45-35(27-43-18-20-44(21-19-43)34-14-8-3-9-15-34)30-49-36-16-17-39-40(46)26-41(50-42(39)25-36)33-22-37(47-28-31-10-4-1-5-11-31)24-38(23-33)48-29-32-12-6-2-7-13-32/h1-17,22-26,35,45H,18-21,27-30H2. The first-order chi connectivity index (χ1) is 24.6. The SMILES string of the molecule is O=c1cc(-c2cc(OCc3ccccc3)cc(OCc3ccccc3)c2)oc2cc(OCC(O)CN3CCN(c4ccccc4)CC3)ccc12. The van der Waals surface area contributed by atoms with Gasteiger partial charge in [-0.15, -0.1) is 0 Å². The van der Waals surface area contributed by atoms with Crippen LogP contribution in [0.15, 0.2) is 143 Å². The number of anilines is 1. The minimum absolute atomic E-state index is 0.122. The molecule has 1 aromatic heterocycles. The summed E-state index contributed by atoms with van der Waals surface area (Å²) in [6, 6.07) is 42.4. The van der Waals surface area contributed by atoms with E-state index in [4.69, 9.17) is 18.6 Å². The van der Waals surface area contributed by atoms with Crippen LogP contribution in [0, 0.1) is 0 Å². The zero-order valence-electron chi connectivity index (χ0n) is 27.8. The molecular weight excluding hydrogens is 628 g/mol. The van der Waals surface area contributed by atoms with Gasteiger partial charge in [-0.1, -0.05) is 78.9 Å². The number of fused-ring (bicyclic) bond motifs is 1. The summed E-state index contributed by atoms with van der Waals surface area (Å²) in [7, 11) is 0. The Labute approximate surface area is 291 Å². The Morgan fingerprint density at radius 1 is 0.640 bits per heavy atom. The Bertz CT molecular complexity index is 1980. The van der Waals surface area contributed by atoms with Crippen LogP contribution in [0.5, 0.6) is 17.2 Å². The van der Waals surface area contributed by atoms with Crippen LogP contribution in [-0.4, -0.2) is 55.4 Å². The fraction of sp³-hybridized carbons (Fsp3) is 0.214. The molecule has 1 atom stereocenters. The Hall–Kier alpha value is -5.57. The summed E-state index contributed by atoms with van der Waals surface area (Å²) in [5.74, 6) is 2.07. The molecule has 8 nitrogen and oxygen atoms in total. The van der Waals surface area contributed by atoms with Gasteiger partial charge in [0, 0.05) is 62.2 Å². The number of hydrogen-bond donors (Lipinski definition) is 1. The van der Waals surface area contributed by atoms with Crippen molar-refractivity contribution in [3.63, 3.8) is 0 Å². The molecule has 2 heterocycles. The molecule has 5 aromatic carbocycles. The molecule has 8 heteroatoms. The van der Waals surface area contributed by atoms with Gasteiger partial charge in [-0.3, -0.25) is 9.69 Å². The minimum Gasteiger partial charge on any atom is -0.491 e. The summed E-state index contributed by atoms with van der Waals surface area (Å²) in [6.45, 7) is 4.95. The number of aliphatic hydroxyl groups excluding tert-OH is 1. The first-order valence-electron chi connectivity index (χ1n) is 17.0. The molecule has 1 aliphatic rings. The highest BCUT2D eigenvalue weighted by Crippen LogP contribution is 2.32. The van der Waals surface area contributed by atoms with Crippen molar-refractivity contribution in [3.05, 3.63) is 155 Å². The van der Waals surface area contributed by atoms with Crippen LogP contribution in [0.4, 0.5) is 5.69 Å². The van der Waals surface area contributed by atoms with E-state index < -0.39 is 6.10 Å². The second kappa shape index (κ2) is 15.8. The fourth-order valence-electron chi connectivity index (χ4n) is 6.10. The Morgan fingerprint density at radius 3 is 1.86 bits per heavy atom. The van der Waals surface area contributed by atoms with E-state index in [1.54, 1.807) is 18.2 Å². The number of hydrogen-bond acceptors (Lipinski definition) is 8. The van der Waals surface area contributed by atoms with Gasteiger partial charge in [-0.25, -0.2) is 0 Å². The van der Waals surface area contributed by atoms with Crippen LogP contribution >= 0.6 is 0 Å². The number of piperazine rings is 1. The summed E-state index contributed by atoms with van der Waals surface area (Å²) < 4.78 is 24.6. The van der Waals surface area contributed by atoms with Crippen molar-refractivity contribution < 1.29 is 23.7 Å². The summed E-state index contributed by atoms with van der Waals surface area (Å²) >= 11 is 0. The third-order valence-corrected chi connectivity index (χ3v) is 8.77. The van der Waals surface area contributed by atoms with Gasteiger partial charge in [0.2, 0.25) is 0 Å². The second-order valence-corrected chi connectivity index (χ2v) is 12.5. The van der Waals surface area contributed by atoms with E-state index in [0.717, 1.165) is 37.3 Å². The molecule has 0 spiro atoms. The molecular formula is C42H40N2O6. The van der Waals surface area contributed by atoms with Crippen LogP contribution in [-0.2, 0) is 13.2 Å². The smallest absolute Gasteiger partial charge is 0.193 e. The number of nitrogens with zero attached hydrogens (tertiary/aromatic N) is 2. The predicted molar refractivity (Wildman–Crippen MR) is 196 cm³/mol. The molecule has 50 heavy (non-hydrogen) atoms. The fourth-order valence-corrected chi connectivity index (χ4v) is 6.10. The predicted octanol–water partition coefficient (Wildman–Crippen LogP) is 7.18. The van der Waals surface area contributed by atoms with Crippen molar-refractivity contribution in [1.82, 2.24) is 4.90 Å². The van der Waals surface area contributed by atoms with Gasteiger partial charge >= 0.3 is 0 Å².